The molecule has 0 aliphatic heterocycles. The third-order valence-corrected chi connectivity index (χ3v) is 5.57. The second-order valence-corrected chi connectivity index (χ2v) is 8.24. The van der Waals surface area contributed by atoms with Crippen molar-refractivity contribution in [2.75, 3.05) is 16.4 Å². The van der Waals surface area contributed by atoms with Gasteiger partial charge in [0, 0.05) is 23.9 Å². The van der Waals surface area contributed by atoms with Gasteiger partial charge in [0.25, 0.3) is 0 Å². The fourth-order valence-electron chi connectivity index (χ4n) is 2.34. The Bertz CT molecular complexity index is 1050. The van der Waals surface area contributed by atoms with Crippen molar-refractivity contribution in [3.8, 4) is 5.75 Å². The van der Waals surface area contributed by atoms with Gasteiger partial charge in [-0.2, -0.15) is 0 Å². The second-order valence-electron chi connectivity index (χ2n) is 6.04. The average Bonchev–Trinajstić information content (AvgIpc) is 3.14. The number of aromatic nitrogens is 2. The smallest absolute Gasteiger partial charge is 0.406 e. The van der Waals surface area contributed by atoms with Crippen molar-refractivity contribution in [1.82, 2.24) is 10.2 Å². The van der Waals surface area contributed by atoms with Crippen LogP contribution in [0.25, 0.3) is 0 Å². The van der Waals surface area contributed by atoms with Gasteiger partial charge in [0.15, 0.2) is 10.1 Å². The van der Waals surface area contributed by atoms with E-state index in [0.29, 0.717) is 26.4 Å². The number of ether oxygens (including phenoxy) is 1. The molecule has 0 spiro atoms. The molecule has 0 fully saturated rings. The van der Waals surface area contributed by atoms with E-state index in [0.717, 1.165) is 0 Å². The van der Waals surface area contributed by atoms with Gasteiger partial charge in [0.05, 0.1) is 5.75 Å². The maximum absolute atomic E-state index is 12.3. The standard InChI is InChI=1S/C19H15F3N4O3S2/c1-11(27)23-13-4-2-12(3-5-13)16(28)10-30-18-26-25-17(31-18)24-14-6-8-15(9-7-14)29-19(20,21)22/h2-9H,10H2,1H3,(H,23,27)(H,24,25). The molecule has 2 aromatic carbocycles. The number of carbonyl (C=O) groups is 2. The summed E-state index contributed by atoms with van der Waals surface area (Å²) in [6, 6.07) is 11.8. The van der Waals surface area contributed by atoms with Crippen LogP contribution in [0.3, 0.4) is 0 Å². The number of Topliss-reactive ketones (excluding diaryl/α,β-unsaturated/α-hetero) is 1. The number of thioether (sulfide) groups is 1. The fraction of sp³-hybridized carbons (Fsp3) is 0.158. The first kappa shape index (κ1) is 22.6. The summed E-state index contributed by atoms with van der Waals surface area (Å²) < 4.78 is 41.0. The van der Waals surface area contributed by atoms with Gasteiger partial charge in [-0.3, -0.25) is 9.59 Å². The van der Waals surface area contributed by atoms with Crippen molar-refractivity contribution in [3.05, 3.63) is 54.1 Å². The quantitative estimate of drug-likeness (QED) is 0.350. The molecule has 0 atom stereocenters. The molecule has 2 N–H and O–H groups in total. The van der Waals surface area contributed by atoms with Crippen LogP contribution in [0.2, 0.25) is 0 Å². The third kappa shape index (κ3) is 7.26. The van der Waals surface area contributed by atoms with Gasteiger partial charge in [0.1, 0.15) is 5.75 Å². The Labute approximate surface area is 183 Å². The number of nitrogens with zero attached hydrogens (tertiary/aromatic N) is 2. The lowest BCUT2D eigenvalue weighted by Gasteiger charge is -2.09. The van der Waals surface area contributed by atoms with Crippen LogP contribution in [0.1, 0.15) is 17.3 Å². The van der Waals surface area contributed by atoms with Crippen molar-refractivity contribution in [3.63, 3.8) is 0 Å². The van der Waals surface area contributed by atoms with E-state index in [1.54, 1.807) is 24.3 Å². The number of amides is 1. The molecule has 3 rings (SSSR count). The predicted octanol–water partition coefficient (Wildman–Crippen LogP) is 5.11. The monoisotopic (exact) mass is 468 g/mol. The number of ketones is 1. The van der Waals surface area contributed by atoms with E-state index in [1.165, 1.54) is 54.3 Å². The van der Waals surface area contributed by atoms with Crippen LogP contribution in [-0.2, 0) is 4.79 Å². The van der Waals surface area contributed by atoms with Gasteiger partial charge >= 0.3 is 6.36 Å². The second kappa shape index (κ2) is 9.79. The van der Waals surface area contributed by atoms with Crippen LogP contribution in [-0.4, -0.2) is 34.0 Å². The number of hydrogen-bond donors (Lipinski definition) is 2. The SMILES string of the molecule is CC(=O)Nc1ccc(C(=O)CSc2nnc(Nc3ccc(OC(F)(F)F)cc3)s2)cc1. The van der Waals surface area contributed by atoms with Crippen LogP contribution in [0.15, 0.2) is 52.9 Å². The van der Waals surface area contributed by atoms with Crippen LogP contribution in [0, 0.1) is 0 Å². The zero-order chi connectivity index (χ0) is 22.4. The summed E-state index contributed by atoms with van der Waals surface area (Å²) in [5.41, 5.74) is 1.62. The Hall–Kier alpha value is -3.12. The number of anilines is 3. The van der Waals surface area contributed by atoms with E-state index >= 15 is 0 Å². The predicted molar refractivity (Wildman–Crippen MR) is 112 cm³/mol. The maximum Gasteiger partial charge on any atom is 0.573 e. The highest BCUT2D eigenvalue weighted by atomic mass is 32.2. The van der Waals surface area contributed by atoms with E-state index in [9.17, 15) is 22.8 Å². The van der Waals surface area contributed by atoms with Crippen LogP contribution >= 0.6 is 23.1 Å². The normalized spacial score (nSPS) is 11.1. The molecule has 0 unspecified atom stereocenters. The summed E-state index contributed by atoms with van der Waals surface area (Å²) in [5, 5.41) is 13.9. The van der Waals surface area contributed by atoms with Crippen molar-refractivity contribution >= 4 is 51.3 Å². The molecule has 3 aromatic rings. The summed E-state index contributed by atoms with van der Waals surface area (Å²) in [5.74, 6) is -0.474. The van der Waals surface area contributed by atoms with Gasteiger partial charge in [0.2, 0.25) is 11.0 Å². The molecular formula is C19H15F3N4O3S2. The number of halogens is 3. The molecule has 0 saturated carbocycles. The lowest BCUT2D eigenvalue weighted by Crippen LogP contribution is -2.16. The molecule has 1 amide bonds. The van der Waals surface area contributed by atoms with E-state index in [1.807, 2.05) is 0 Å². The van der Waals surface area contributed by atoms with Gasteiger partial charge in [-0.1, -0.05) is 23.1 Å². The number of alkyl halides is 3. The third-order valence-electron chi connectivity index (χ3n) is 3.60. The number of rotatable bonds is 8. The first-order valence-corrected chi connectivity index (χ1v) is 10.5. The number of carbonyl (C=O) groups excluding carboxylic acids is 2. The van der Waals surface area contributed by atoms with Crippen LogP contribution < -0.4 is 15.4 Å². The van der Waals surface area contributed by atoms with Gasteiger partial charge in [-0.15, -0.1) is 23.4 Å². The fourth-order valence-corrected chi connectivity index (χ4v) is 4.00. The average molecular weight is 468 g/mol. The molecule has 7 nitrogen and oxygen atoms in total. The highest BCUT2D eigenvalue weighted by Crippen LogP contribution is 2.29. The Morgan fingerprint density at radius 1 is 1.03 bits per heavy atom. The van der Waals surface area contributed by atoms with Crippen molar-refractivity contribution in [2.24, 2.45) is 0 Å². The minimum Gasteiger partial charge on any atom is -0.406 e. The highest BCUT2D eigenvalue weighted by Gasteiger charge is 2.30. The lowest BCUT2D eigenvalue weighted by molar-refractivity contribution is -0.274. The van der Waals surface area contributed by atoms with Gasteiger partial charge in [-0.25, -0.2) is 0 Å². The molecule has 12 heteroatoms. The van der Waals surface area contributed by atoms with E-state index in [4.69, 9.17) is 0 Å². The Kier molecular flexibility index (Phi) is 7.13. The first-order chi connectivity index (χ1) is 14.7. The van der Waals surface area contributed by atoms with E-state index in [-0.39, 0.29) is 23.2 Å². The minimum absolute atomic E-state index is 0.107. The van der Waals surface area contributed by atoms with Crippen molar-refractivity contribution in [2.45, 2.75) is 17.6 Å². The Morgan fingerprint density at radius 2 is 1.68 bits per heavy atom. The van der Waals surface area contributed by atoms with E-state index in [2.05, 4.69) is 25.6 Å². The Morgan fingerprint density at radius 3 is 2.29 bits per heavy atom. The zero-order valence-corrected chi connectivity index (χ0v) is 17.5. The maximum atomic E-state index is 12.3. The molecule has 0 radical (unpaired) electrons. The minimum atomic E-state index is -4.74. The highest BCUT2D eigenvalue weighted by molar-refractivity contribution is 8.01. The lowest BCUT2D eigenvalue weighted by atomic mass is 10.1. The number of hydrogen-bond acceptors (Lipinski definition) is 8. The Balaban J connectivity index is 1.51. The molecular weight excluding hydrogens is 453 g/mol. The molecule has 0 aliphatic carbocycles. The topological polar surface area (TPSA) is 93.2 Å². The zero-order valence-electron chi connectivity index (χ0n) is 15.9. The van der Waals surface area contributed by atoms with Gasteiger partial charge in [-0.05, 0) is 48.5 Å². The summed E-state index contributed by atoms with van der Waals surface area (Å²) in [7, 11) is 0. The van der Waals surface area contributed by atoms with E-state index < -0.39 is 6.36 Å². The molecule has 0 saturated heterocycles. The molecule has 162 valence electrons. The largest absolute Gasteiger partial charge is 0.573 e. The summed E-state index contributed by atoms with van der Waals surface area (Å²) in [4.78, 5) is 23.3. The number of nitrogens with one attached hydrogen (secondary N) is 2. The van der Waals surface area contributed by atoms with Crippen molar-refractivity contribution in [1.29, 1.82) is 0 Å². The molecule has 1 heterocycles. The van der Waals surface area contributed by atoms with Gasteiger partial charge < -0.3 is 15.4 Å². The van der Waals surface area contributed by atoms with Crippen molar-refractivity contribution < 1.29 is 27.5 Å². The molecule has 31 heavy (non-hydrogen) atoms. The summed E-state index contributed by atoms with van der Waals surface area (Å²) in [6.45, 7) is 1.40. The van der Waals surface area contributed by atoms with Crippen LogP contribution in [0.4, 0.5) is 29.7 Å². The number of benzene rings is 2. The molecule has 1 aromatic heterocycles. The first-order valence-electron chi connectivity index (χ1n) is 8.68. The summed E-state index contributed by atoms with van der Waals surface area (Å²) in [6.07, 6.45) is -4.74. The van der Waals surface area contributed by atoms with Crippen LogP contribution in [0.5, 0.6) is 5.75 Å². The molecule has 0 bridgehead atoms. The molecule has 0 aliphatic rings. The summed E-state index contributed by atoms with van der Waals surface area (Å²) >= 11 is 2.43.